The molecule has 0 spiro atoms. The minimum absolute atomic E-state index is 0.528. The van der Waals surface area contributed by atoms with E-state index < -0.39 is 0 Å². The Bertz CT molecular complexity index is 359. The lowest BCUT2D eigenvalue weighted by atomic mass is 10.1. The van der Waals surface area contributed by atoms with Crippen molar-refractivity contribution >= 4 is 6.08 Å². The number of benzene rings is 1. The minimum atomic E-state index is 0.528. The first-order valence-corrected chi connectivity index (χ1v) is 5.13. The van der Waals surface area contributed by atoms with Crippen LogP contribution in [0.4, 0.5) is 0 Å². The second-order valence-electron chi connectivity index (χ2n) is 3.24. The molecule has 0 bridgehead atoms. The summed E-state index contributed by atoms with van der Waals surface area (Å²) in [5.74, 6) is 0. The van der Waals surface area contributed by atoms with Crippen LogP contribution in [0.5, 0.6) is 0 Å². The van der Waals surface area contributed by atoms with Gasteiger partial charge in [-0.3, -0.25) is 0 Å². The summed E-state index contributed by atoms with van der Waals surface area (Å²) in [5, 5.41) is 3.46. The van der Waals surface area contributed by atoms with Gasteiger partial charge in [-0.25, -0.2) is 0 Å². The third-order valence-electron chi connectivity index (χ3n) is 2.16. The molecule has 0 unspecified atom stereocenters. The molecule has 0 aliphatic rings. The van der Waals surface area contributed by atoms with Gasteiger partial charge in [-0.2, -0.15) is 0 Å². The molecule has 0 saturated heterocycles. The van der Waals surface area contributed by atoms with Crippen molar-refractivity contribution in [1.82, 2.24) is 0 Å². The molecular weight excluding hydrogens is 186 g/mol. The van der Waals surface area contributed by atoms with Gasteiger partial charge in [0.05, 0.1) is 0 Å². The van der Waals surface area contributed by atoms with Crippen LogP contribution in [-0.4, -0.2) is 6.54 Å². The molecule has 15 heavy (non-hydrogen) atoms. The molecule has 1 rings (SSSR count). The maximum Gasteiger partial charge on any atom is 0.0292 e. The van der Waals surface area contributed by atoms with Gasteiger partial charge in [-0.15, -0.1) is 0 Å². The summed E-state index contributed by atoms with van der Waals surface area (Å²) in [4.78, 5) is 2.69. The van der Waals surface area contributed by atoms with Crippen molar-refractivity contribution in [1.29, 1.82) is 0 Å². The second-order valence-corrected chi connectivity index (χ2v) is 3.24. The summed E-state index contributed by atoms with van der Waals surface area (Å²) in [6.07, 6.45) is 5.93. The summed E-state index contributed by atoms with van der Waals surface area (Å²) in [7, 11) is 0. The Balaban J connectivity index is 2.46. The van der Waals surface area contributed by atoms with Crippen LogP contribution in [0, 0.1) is 0 Å². The maximum atomic E-state index is 8.07. The summed E-state index contributed by atoms with van der Waals surface area (Å²) in [5.41, 5.74) is 10.6. The van der Waals surface area contributed by atoms with E-state index in [9.17, 15) is 0 Å². The van der Waals surface area contributed by atoms with Gasteiger partial charge in [0.15, 0.2) is 0 Å². The molecule has 3 heteroatoms. The molecule has 0 aliphatic heterocycles. The van der Waals surface area contributed by atoms with Crippen molar-refractivity contribution in [3.8, 4) is 0 Å². The molecule has 3 nitrogen and oxygen atoms in total. The molecule has 1 aromatic carbocycles. The van der Waals surface area contributed by atoms with Crippen molar-refractivity contribution < 1.29 is 0 Å². The zero-order chi connectivity index (χ0) is 10.9. The van der Waals surface area contributed by atoms with E-state index in [2.05, 4.69) is 41.2 Å². The summed E-state index contributed by atoms with van der Waals surface area (Å²) >= 11 is 0. The lowest BCUT2D eigenvalue weighted by Crippen LogP contribution is -1.79. The zero-order valence-electron chi connectivity index (χ0n) is 8.93. The fraction of sp³-hybridized carbons (Fsp3) is 0.333. The van der Waals surface area contributed by atoms with Crippen LogP contribution in [0.2, 0.25) is 0 Å². The number of azide groups is 1. The van der Waals surface area contributed by atoms with Gasteiger partial charge < -0.3 is 0 Å². The summed E-state index contributed by atoms with van der Waals surface area (Å²) in [6.45, 7) is 2.67. The Morgan fingerprint density at radius 3 is 2.67 bits per heavy atom. The third kappa shape index (κ3) is 4.34. The topological polar surface area (TPSA) is 48.8 Å². The molecule has 0 saturated carbocycles. The fourth-order valence-corrected chi connectivity index (χ4v) is 1.26. The molecule has 0 aromatic heterocycles. The van der Waals surface area contributed by atoms with E-state index in [0.717, 1.165) is 12.8 Å². The van der Waals surface area contributed by atoms with Crippen molar-refractivity contribution in [2.45, 2.75) is 19.8 Å². The molecule has 0 atom stereocenters. The monoisotopic (exact) mass is 201 g/mol. The quantitative estimate of drug-likeness (QED) is 0.299. The minimum Gasteiger partial charge on any atom is -0.0937 e. The van der Waals surface area contributed by atoms with Crippen molar-refractivity contribution in [3.63, 3.8) is 0 Å². The first kappa shape index (κ1) is 11.3. The summed E-state index contributed by atoms with van der Waals surface area (Å²) in [6, 6.07) is 8.46. The van der Waals surface area contributed by atoms with Crippen LogP contribution in [-0.2, 0) is 6.42 Å². The average Bonchev–Trinajstić information content (AvgIpc) is 2.30. The van der Waals surface area contributed by atoms with Crippen LogP contribution < -0.4 is 0 Å². The highest BCUT2D eigenvalue weighted by atomic mass is 15.1. The Morgan fingerprint density at radius 1 is 1.33 bits per heavy atom. The van der Waals surface area contributed by atoms with E-state index in [0.29, 0.717) is 6.54 Å². The molecule has 0 N–H and O–H groups in total. The molecule has 0 amide bonds. The predicted molar refractivity (Wildman–Crippen MR) is 63.5 cm³/mol. The van der Waals surface area contributed by atoms with E-state index in [1.165, 1.54) is 11.1 Å². The van der Waals surface area contributed by atoms with Crippen LogP contribution in [0.25, 0.3) is 16.5 Å². The Hall–Kier alpha value is -1.73. The van der Waals surface area contributed by atoms with E-state index in [4.69, 9.17) is 5.53 Å². The Labute approximate surface area is 90.1 Å². The number of aryl methyl sites for hydroxylation is 1. The van der Waals surface area contributed by atoms with Crippen LogP contribution in [0.15, 0.2) is 35.5 Å². The fourth-order valence-electron chi connectivity index (χ4n) is 1.26. The third-order valence-corrected chi connectivity index (χ3v) is 2.16. The molecule has 0 heterocycles. The Kier molecular flexibility index (Phi) is 5.06. The van der Waals surface area contributed by atoms with Crippen LogP contribution in [0.3, 0.4) is 0 Å². The zero-order valence-corrected chi connectivity index (χ0v) is 8.93. The van der Waals surface area contributed by atoms with Crippen LogP contribution in [0.1, 0.15) is 24.5 Å². The Morgan fingerprint density at radius 2 is 2.07 bits per heavy atom. The van der Waals surface area contributed by atoms with Gasteiger partial charge >= 0.3 is 0 Å². The van der Waals surface area contributed by atoms with Crippen molar-refractivity contribution in [2.75, 3.05) is 6.54 Å². The van der Waals surface area contributed by atoms with E-state index in [-0.39, 0.29) is 0 Å². The van der Waals surface area contributed by atoms with E-state index in [1.54, 1.807) is 0 Å². The van der Waals surface area contributed by atoms with E-state index >= 15 is 0 Å². The molecule has 0 fully saturated rings. The van der Waals surface area contributed by atoms with Crippen molar-refractivity contribution in [3.05, 3.63) is 51.9 Å². The highest BCUT2D eigenvalue weighted by molar-refractivity contribution is 5.49. The lowest BCUT2D eigenvalue weighted by molar-refractivity contribution is 0.995. The number of hydrogen-bond donors (Lipinski definition) is 0. The average molecular weight is 201 g/mol. The predicted octanol–water partition coefficient (Wildman–Crippen LogP) is 3.96. The standard InChI is InChI=1S/C12H15N3/c1-2-11-6-8-12(9-7-11)5-3-4-10-14-15-13/h3,5-9H,2,4,10H2,1H3. The SMILES string of the molecule is CCc1ccc(C=CCCN=[N+]=[N-])cc1. The highest BCUT2D eigenvalue weighted by Gasteiger charge is 1.88. The first-order valence-electron chi connectivity index (χ1n) is 5.13. The van der Waals surface area contributed by atoms with Gasteiger partial charge in [0.1, 0.15) is 0 Å². The van der Waals surface area contributed by atoms with Gasteiger partial charge in [-0.1, -0.05) is 48.5 Å². The van der Waals surface area contributed by atoms with Gasteiger partial charge in [-0.05, 0) is 29.5 Å². The normalized spacial score (nSPS) is 10.2. The largest absolute Gasteiger partial charge is 0.0937 e. The molecule has 0 aliphatic carbocycles. The number of hydrogen-bond acceptors (Lipinski definition) is 1. The van der Waals surface area contributed by atoms with Crippen LogP contribution >= 0.6 is 0 Å². The van der Waals surface area contributed by atoms with Gasteiger partial charge in [0.25, 0.3) is 0 Å². The first-order chi connectivity index (χ1) is 7.36. The van der Waals surface area contributed by atoms with Gasteiger partial charge in [0, 0.05) is 11.5 Å². The molecule has 78 valence electrons. The number of nitrogens with zero attached hydrogens (tertiary/aromatic N) is 3. The highest BCUT2D eigenvalue weighted by Crippen LogP contribution is 2.07. The van der Waals surface area contributed by atoms with Gasteiger partial charge in [0.2, 0.25) is 0 Å². The van der Waals surface area contributed by atoms with Crippen molar-refractivity contribution in [2.24, 2.45) is 5.11 Å². The lowest BCUT2D eigenvalue weighted by Gasteiger charge is -1.96. The summed E-state index contributed by atoms with van der Waals surface area (Å²) < 4.78 is 0. The maximum absolute atomic E-state index is 8.07. The number of rotatable bonds is 5. The smallest absolute Gasteiger partial charge is 0.0292 e. The second kappa shape index (κ2) is 6.68. The molecule has 0 radical (unpaired) electrons. The molecule has 1 aromatic rings. The molecular formula is C12H15N3. The van der Waals surface area contributed by atoms with E-state index in [1.807, 2.05) is 12.2 Å².